The number of ether oxygens (including phenoxy) is 1. The molecule has 2 bridgehead atoms. The molecule has 5 nitrogen and oxygen atoms in total. The Labute approximate surface area is 266 Å². The summed E-state index contributed by atoms with van der Waals surface area (Å²) in [6, 6.07) is 37.8. The highest BCUT2D eigenvalue weighted by Gasteiger charge is 2.67. The van der Waals surface area contributed by atoms with Crippen LogP contribution in [-0.4, -0.2) is 37.3 Å². The van der Waals surface area contributed by atoms with Crippen LogP contribution in [0.4, 0.5) is 0 Å². The zero-order valence-electron chi connectivity index (χ0n) is 25.9. The molecule has 232 valence electrons. The number of sulfone groups is 1. The number of Topliss-reactive ketones (excluding diaryl/α,β-unsaturated/α-hetero) is 1. The molecule has 2 aliphatic rings. The van der Waals surface area contributed by atoms with Crippen molar-refractivity contribution < 1.29 is 22.7 Å². The van der Waals surface area contributed by atoms with Gasteiger partial charge in [-0.1, -0.05) is 123 Å². The Kier molecular flexibility index (Phi) is 8.26. The lowest BCUT2D eigenvalue weighted by Crippen LogP contribution is -2.48. The van der Waals surface area contributed by atoms with Gasteiger partial charge in [-0.15, -0.1) is 0 Å². The Hall–Kier alpha value is -3.73. The third kappa shape index (κ3) is 5.13. The smallest absolute Gasteiger partial charge is 0.343 e. The van der Waals surface area contributed by atoms with Gasteiger partial charge in [-0.2, -0.15) is 0 Å². The van der Waals surface area contributed by atoms with Crippen LogP contribution in [0.5, 0.6) is 0 Å². The van der Waals surface area contributed by atoms with E-state index in [1.807, 2.05) is 91.0 Å². The van der Waals surface area contributed by atoms with Crippen LogP contribution in [0.2, 0.25) is 0 Å². The van der Waals surface area contributed by atoms with Crippen LogP contribution in [-0.2, 0) is 24.2 Å². The molecular weight excluding hydrogens is 599 g/mol. The normalized spacial score (nSPS) is 22.1. The summed E-state index contributed by atoms with van der Waals surface area (Å²) in [4.78, 5) is 28.9. The Morgan fingerprint density at radius 1 is 0.756 bits per heavy atom. The second kappa shape index (κ2) is 11.9. The van der Waals surface area contributed by atoms with Crippen molar-refractivity contribution in [3.63, 3.8) is 0 Å². The summed E-state index contributed by atoms with van der Waals surface area (Å²) in [5.41, 5.74) is -1.15. The first-order valence-electron chi connectivity index (χ1n) is 15.5. The Morgan fingerprint density at radius 3 is 1.62 bits per heavy atom. The van der Waals surface area contributed by atoms with Crippen LogP contribution in [0.1, 0.15) is 40.0 Å². The van der Waals surface area contributed by atoms with E-state index in [1.165, 1.54) is 6.92 Å². The molecule has 0 amide bonds. The predicted octanol–water partition coefficient (Wildman–Crippen LogP) is 5.95. The highest BCUT2D eigenvalue weighted by atomic mass is 32.2. The second-order valence-corrected chi connectivity index (χ2v) is 18.2. The first-order valence-corrected chi connectivity index (χ1v) is 18.9. The highest BCUT2D eigenvalue weighted by Crippen LogP contribution is 2.67. The van der Waals surface area contributed by atoms with Crippen LogP contribution in [0.25, 0.3) is 0 Å². The lowest BCUT2D eigenvalue weighted by Gasteiger charge is -2.42. The van der Waals surface area contributed by atoms with Crippen molar-refractivity contribution in [2.45, 2.75) is 51.0 Å². The van der Waals surface area contributed by atoms with Gasteiger partial charge in [0.2, 0.25) is 0 Å². The van der Waals surface area contributed by atoms with E-state index in [2.05, 4.69) is 13.8 Å². The first-order chi connectivity index (χ1) is 21.5. The predicted molar refractivity (Wildman–Crippen MR) is 183 cm³/mol. The van der Waals surface area contributed by atoms with Crippen molar-refractivity contribution in [3.05, 3.63) is 121 Å². The standard InChI is InChI=1S/C38H39O5PS/c1-28(39)35(44(30-16-8-4-9-17-30,31-18-10-5-11-19-31)32-20-12-6-13-21-32)36(40)43-34-26-29-24-25-38(34,37(29,2)3)27-45(41,42)33-22-14-7-15-23-33/h4-23,29,34H,24-27H2,1-3H3/t29-,34-,38-/m0/s1. The van der Waals surface area contributed by atoms with Gasteiger partial charge in [0.15, 0.2) is 15.6 Å². The lowest BCUT2D eigenvalue weighted by molar-refractivity contribution is -0.148. The van der Waals surface area contributed by atoms with E-state index in [-0.39, 0.29) is 33.1 Å². The van der Waals surface area contributed by atoms with Crippen molar-refractivity contribution in [2.24, 2.45) is 16.7 Å². The summed E-state index contributed by atoms with van der Waals surface area (Å²) < 4.78 is 34.2. The van der Waals surface area contributed by atoms with Gasteiger partial charge in [-0.05, 0) is 72.5 Å². The molecule has 2 aliphatic carbocycles. The third-order valence-corrected chi connectivity index (χ3v) is 16.7. The maximum Gasteiger partial charge on any atom is 0.343 e. The minimum absolute atomic E-state index is 0.114. The summed E-state index contributed by atoms with van der Waals surface area (Å²) in [5, 5.41) is 2.74. The summed E-state index contributed by atoms with van der Waals surface area (Å²) in [7, 11) is -3.68. The number of fused-ring (bicyclic) bond motifs is 2. The van der Waals surface area contributed by atoms with Gasteiger partial charge in [0.1, 0.15) is 11.4 Å². The van der Waals surface area contributed by atoms with Crippen molar-refractivity contribution in [1.82, 2.24) is 0 Å². The van der Waals surface area contributed by atoms with Gasteiger partial charge in [-0.3, -0.25) is 4.79 Å². The molecule has 0 spiro atoms. The minimum Gasteiger partial charge on any atom is -0.458 e. The van der Waals surface area contributed by atoms with E-state index in [0.717, 1.165) is 22.3 Å². The van der Waals surface area contributed by atoms with E-state index < -0.39 is 34.2 Å². The molecule has 0 saturated heterocycles. The zero-order chi connectivity index (χ0) is 31.9. The number of ketones is 1. The largest absolute Gasteiger partial charge is 0.458 e. The average molecular weight is 639 g/mol. The van der Waals surface area contributed by atoms with Crippen LogP contribution < -0.4 is 15.9 Å². The number of benzene rings is 4. The van der Waals surface area contributed by atoms with Gasteiger partial charge in [0, 0.05) is 5.41 Å². The van der Waals surface area contributed by atoms with E-state index in [1.54, 1.807) is 30.3 Å². The molecule has 3 atom stereocenters. The zero-order valence-corrected chi connectivity index (χ0v) is 27.6. The molecule has 7 heteroatoms. The molecule has 45 heavy (non-hydrogen) atoms. The molecule has 0 aliphatic heterocycles. The van der Waals surface area contributed by atoms with Gasteiger partial charge in [-0.25, -0.2) is 13.2 Å². The van der Waals surface area contributed by atoms with Gasteiger partial charge in [0.05, 0.1) is 10.6 Å². The quantitative estimate of drug-likeness (QED) is 0.129. The number of rotatable bonds is 9. The topological polar surface area (TPSA) is 77.5 Å². The monoisotopic (exact) mass is 638 g/mol. The van der Waals surface area contributed by atoms with Gasteiger partial charge >= 0.3 is 5.97 Å². The highest BCUT2D eigenvalue weighted by molar-refractivity contribution is 7.97. The molecule has 0 radical (unpaired) electrons. The molecule has 0 N–H and O–H groups in total. The summed E-state index contributed by atoms with van der Waals surface area (Å²) in [5.74, 6) is -0.911. The molecular formula is C38H39O5PS. The van der Waals surface area contributed by atoms with E-state index >= 15 is 0 Å². The first kappa shape index (κ1) is 31.3. The number of hydrogen-bond donors (Lipinski definition) is 0. The van der Waals surface area contributed by atoms with Crippen LogP contribution in [0, 0.1) is 16.7 Å². The van der Waals surface area contributed by atoms with E-state index in [4.69, 9.17) is 4.74 Å². The molecule has 0 heterocycles. The molecule has 4 aromatic rings. The third-order valence-electron chi connectivity index (χ3n) is 10.4. The molecule has 4 aromatic carbocycles. The summed E-state index contributed by atoms with van der Waals surface area (Å²) in [6.45, 7) is 2.66. The molecule has 2 fully saturated rings. The Morgan fingerprint density at radius 2 is 1.20 bits per heavy atom. The van der Waals surface area contributed by atoms with Gasteiger partial charge < -0.3 is 4.74 Å². The lowest BCUT2D eigenvalue weighted by atomic mass is 9.69. The SMILES string of the molecule is CC(=O)C(C(=O)O[C@H]1C[C@@H]2CC[C@@]1(CS(=O)(=O)c1ccccc1)C2(C)C)=P(c1ccccc1)(c1ccccc1)c1ccccc1. The molecule has 2 saturated carbocycles. The maximum atomic E-state index is 14.8. The average Bonchev–Trinajstić information content (AvgIpc) is 3.40. The minimum atomic E-state index is -3.68. The van der Waals surface area contributed by atoms with Crippen LogP contribution in [0.15, 0.2) is 126 Å². The van der Waals surface area contributed by atoms with Gasteiger partial charge in [0.25, 0.3) is 0 Å². The number of carbonyl (C=O) groups excluding carboxylic acids is 2. The fourth-order valence-electron chi connectivity index (χ4n) is 8.05. The van der Waals surface area contributed by atoms with Crippen molar-refractivity contribution in [2.75, 3.05) is 5.75 Å². The fourth-order valence-corrected chi connectivity index (χ4v) is 14.5. The number of carbonyl (C=O) groups is 2. The van der Waals surface area contributed by atoms with Crippen molar-refractivity contribution in [1.29, 1.82) is 0 Å². The van der Waals surface area contributed by atoms with Crippen LogP contribution in [0.3, 0.4) is 0 Å². The summed E-state index contributed by atoms with van der Waals surface area (Å²) in [6.07, 6.45) is 1.45. The number of esters is 1. The van der Waals surface area contributed by atoms with Crippen molar-refractivity contribution in [3.8, 4) is 0 Å². The van der Waals surface area contributed by atoms with E-state index in [9.17, 15) is 18.0 Å². The van der Waals surface area contributed by atoms with E-state index in [0.29, 0.717) is 12.8 Å². The molecule has 0 aromatic heterocycles. The Balaban J connectivity index is 1.54. The molecule has 0 unspecified atom stereocenters. The molecule has 6 rings (SSSR count). The fraction of sp³-hybridized carbons (Fsp3) is 0.289. The second-order valence-electron chi connectivity index (χ2n) is 12.9. The van der Waals surface area contributed by atoms with Crippen LogP contribution >= 0.6 is 6.89 Å². The summed E-state index contributed by atoms with van der Waals surface area (Å²) >= 11 is 0. The Bertz CT molecular complexity index is 1770. The van der Waals surface area contributed by atoms with Crippen molar-refractivity contribution >= 4 is 49.7 Å². The maximum absolute atomic E-state index is 14.8. The number of hydrogen-bond acceptors (Lipinski definition) is 5.